The maximum atomic E-state index is 11.0. The van der Waals surface area contributed by atoms with Crippen LogP contribution < -0.4 is 5.32 Å². The first-order valence-electron chi connectivity index (χ1n) is 7.04. The molecule has 122 valence electrons. The average Bonchev–Trinajstić information content (AvgIpc) is 2.41. The molecule has 1 aromatic carbocycles. The van der Waals surface area contributed by atoms with E-state index in [0.717, 1.165) is 5.75 Å². The summed E-state index contributed by atoms with van der Waals surface area (Å²) in [5.74, 6) is -0.171. The summed E-state index contributed by atoms with van der Waals surface area (Å²) in [6.45, 7) is 7.87. The van der Waals surface area contributed by atoms with Gasteiger partial charge in [0.25, 0.3) is 0 Å². The van der Waals surface area contributed by atoms with Crippen LogP contribution in [-0.2, 0) is 20.8 Å². The monoisotopic (exact) mass is 341 g/mol. The van der Waals surface area contributed by atoms with Gasteiger partial charge in [-0.2, -0.15) is 0 Å². The normalized spacial score (nSPS) is 12.7. The molecule has 0 saturated carbocycles. The van der Waals surface area contributed by atoms with Crippen molar-refractivity contribution in [3.63, 3.8) is 0 Å². The number of amides is 1. The van der Waals surface area contributed by atoms with Gasteiger partial charge in [0.05, 0.1) is 0 Å². The van der Waals surface area contributed by atoms with E-state index < -0.39 is 12.0 Å². The van der Waals surface area contributed by atoms with Gasteiger partial charge in [0.15, 0.2) is 0 Å². The molecule has 0 fully saturated rings. The summed E-state index contributed by atoms with van der Waals surface area (Å²) in [4.78, 5) is 21.9. The summed E-state index contributed by atoms with van der Waals surface area (Å²) in [7, 11) is 3.05. The minimum Gasteiger partial charge on any atom is -0.480 e. The Balaban J connectivity index is 2.41. The van der Waals surface area contributed by atoms with Crippen LogP contribution in [0.4, 0.5) is 0 Å². The van der Waals surface area contributed by atoms with Gasteiger partial charge in [-0.05, 0) is 16.5 Å². The Hall–Kier alpha value is -1.14. The van der Waals surface area contributed by atoms with Crippen molar-refractivity contribution in [3.8, 4) is 0 Å². The summed E-state index contributed by atoms with van der Waals surface area (Å²) in [6, 6.07) is 7.65. The SMILES string of the molecule is CC(=O)N[C@@H](CSSCc1ccc(C(C)(C)C)cc1)C(=O)O. The number of rotatable bonds is 7. The van der Waals surface area contributed by atoms with Gasteiger partial charge in [-0.1, -0.05) is 66.6 Å². The van der Waals surface area contributed by atoms with Gasteiger partial charge < -0.3 is 10.4 Å². The Kier molecular flexibility index (Phi) is 7.29. The van der Waals surface area contributed by atoms with E-state index in [-0.39, 0.29) is 11.3 Å². The summed E-state index contributed by atoms with van der Waals surface area (Å²) in [6.07, 6.45) is 0. The second kappa shape index (κ2) is 8.48. The Bertz CT molecular complexity index is 509. The van der Waals surface area contributed by atoms with Crippen LogP contribution in [0.2, 0.25) is 0 Å². The predicted octanol–water partition coefficient (Wildman–Crippen LogP) is 3.45. The molecule has 0 aromatic heterocycles. The molecular formula is C16H23NO3S2. The third-order valence-corrected chi connectivity index (χ3v) is 5.39. The van der Waals surface area contributed by atoms with Crippen molar-refractivity contribution in [2.75, 3.05) is 5.75 Å². The first-order chi connectivity index (χ1) is 10.2. The molecule has 1 rings (SSSR count). The first-order valence-corrected chi connectivity index (χ1v) is 9.52. The molecule has 0 heterocycles. The summed E-state index contributed by atoms with van der Waals surface area (Å²) in [5, 5.41) is 11.4. The Labute approximate surface area is 139 Å². The summed E-state index contributed by atoms with van der Waals surface area (Å²) < 4.78 is 0. The van der Waals surface area contributed by atoms with Gasteiger partial charge in [-0.15, -0.1) is 0 Å². The van der Waals surface area contributed by atoms with Gasteiger partial charge in [-0.3, -0.25) is 4.79 Å². The minimum atomic E-state index is -1.00. The Morgan fingerprint density at radius 3 is 2.23 bits per heavy atom. The molecule has 0 saturated heterocycles. The molecule has 1 amide bonds. The van der Waals surface area contributed by atoms with Gasteiger partial charge in [0, 0.05) is 18.4 Å². The van der Waals surface area contributed by atoms with Gasteiger partial charge in [0.2, 0.25) is 5.91 Å². The largest absolute Gasteiger partial charge is 0.480 e. The molecular weight excluding hydrogens is 318 g/mol. The fourth-order valence-corrected chi connectivity index (χ4v) is 3.97. The molecule has 0 aliphatic heterocycles. The smallest absolute Gasteiger partial charge is 0.327 e. The molecule has 22 heavy (non-hydrogen) atoms. The summed E-state index contributed by atoms with van der Waals surface area (Å²) >= 11 is 0. The zero-order valence-corrected chi connectivity index (χ0v) is 15.0. The van der Waals surface area contributed by atoms with Gasteiger partial charge in [0.1, 0.15) is 6.04 Å². The highest BCUT2D eigenvalue weighted by molar-refractivity contribution is 8.76. The maximum Gasteiger partial charge on any atom is 0.327 e. The van der Waals surface area contributed by atoms with Crippen molar-refractivity contribution in [1.29, 1.82) is 0 Å². The van der Waals surface area contributed by atoms with Crippen molar-refractivity contribution >= 4 is 33.5 Å². The van der Waals surface area contributed by atoms with E-state index in [1.807, 2.05) is 0 Å². The number of hydrogen-bond acceptors (Lipinski definition) is 4. The van der Waals surface area contributed by atoms with Crippen LogP contribution in [0.1, 0.15) is 38.8 Å². The highest BCUT2D eigenvalue weighted by atomic mass is 33.1. The number of aliphatic carboxylic acids is 1. The number of hydrogen-bond donors (Lipinski definition) is 2. The van der Waals surface area contributed by atoms with Crippen LogP contribution in [0.25, 0.3) is 0 Å². The molecule has 2 N–H and O–H groups in total. The number of carboxylic acid groups (broad SMARTS) is 1. The summed E-state index contributed by atoms with van der Waals surface area (Å²) in [5.41, 5.74) is 2.65. The van der Waals surface area contributed by atoms with E-state index >= 15 is 0 Å². The van der Waals surface area contributed by atoms with E-state index in [2.05, 4.69) is 50.4 Å². The van der Waals surface area contributed by atoms with Crippen molar-refractivity contribution in [3.05, 3.63) is 35.4 Å². The van der Waals surface area contributed by atoms with Crippen molar-refractivity contribution in [2.45, 2.75) is 44.9 Å². The highest BCUT2D eigenvalue weighted by Gasteiger charge is 2.18. The molecule has 0 aliphatic carbocycles. The molecule has 0 unspecified atom stereocenters. The second-order valence-corrected chi connectivity index (χ2v) is 8.59. The maximum absolute atomic E-state index is 11.0. The number of carbonyl (C=O) groups is 2. The van der Waals surface area contributed by atoms with Crippen LogP contribution in [0.3, 0.4) is 0 Å². The molecule has 0 spiro atoms. The molecule has 0 radical (unpaired) electrons. The number of carbonyl (C=O) groups excluding carboxylic acids is 1. The predicted molar refractivity (Wildman–Crippen MR) is 94.1 cm³/mol. The average molecular weight is 341 g/mol. The lowest BCUT2D eigenvalue weighted by Crippen LogP contribution is -2.41. The van der Waals surface area contributed by atoms with E-state index in [1.165, 1.54) is 28.8 Å². The lowest BCUT2D eigenvalue weighted by atomic mass is 9.87. The fourth-order valence-electron chi connectivity index (χ4n) is 1.75. The molecule has 6 heteroatoms. The fraction of sp³-hybridized carbons (Fsp3) is 0.500. The minimum absolute atomic E-state index is 0.146. The van der Waals surface area contributed by atoms with Crippen molar-refractivity contribution in [2.24, 2.45) is 0 Å². The van der Waals surface area contributed by atoms with E-state index in [0.29, 0.717) is 5.75 Å². The van der Waals surface area contributed by atoms with Crippen LogP contribution in [0, 0.1) is 0 Å². The van der Waals surface area contributed by atoms with Crippen LogP contribution >= 0.6 is 21.6 Å². The Morgan fingerprint density at radius 2 is 1.77 bits per heavy atom. The third kappa shape index (κ3) is 6.75. The van der Waals surface area contributed by atoms with Crippen LogP contribution in [0.5, 0.6) is 0 Å². The Morgan fingerprint density at radius 1 is 1.18 bits per heavy atom. The first kappa shape index (κ1) is 18.9. The van der Waals surface area contributed by atoms with Crippen molar-refractivity contribution < 1.29 is 14.7 Å². The zero-order chi connectivity index (χ0) is 16.8. The highest BCUT2D eigenvalue weighted by Crippen LogP contribution is 2.28. The lowest BCUT2D eigenvalue weighted by molar-refractivity contribution is -0.140. The van der Waals surface area contributed by atoms with Crippen LogP contribution in [-0.4, -0.2) is 28.8 Å². The van der Waals surface area contributed by atoms with Crippen LogP contribution in [0.15, 0.2) is 24.3 Å². The number of nitrogens with one attached hydrogen (secondary N) is 1. The van der Waals surface area contributed by atoms with Crippen molar-refractivity contribution in [1.82, 2.24) is 5.32 Å². The van der Waals surface area contributed by atoms with Gasteiger partial charge in [-0.25, -0.2) is 4.79 Å². The second-order valence-electron chi connectivity index (χ2n) is 6.08. The quantitative estimate of drug-likeness (QED) is 0.587. The lowest BCUT2D eigenvalue weighted by Gasteiger charge is -2.19. The number of benzene rings is 1. The molecule has 1 atom stereocenters. The molecule has 0 bridgehead atoms. The third-order valence-electron chi connectivity index (χ3n) is 3.04. The molecule has 0 aliphatic rings. The molecule has 4 nitrogen and oxygen atoms in total. The van der Waals surface area contributed by atoms with Gasteiger partial charge >= 0.3 is 5.97 Å². The van der Waals surface area contributed by atoms with E-state index in [1.54, 1.807) is 10.8 Å². The number of carboxylic acids is 1. The molecule has 1 aromatic rings. The van der Waals surface area contributed by atoms with E-state index in [9.17, 15) is 9.59 Å². The van der Waals surface area contributed by atoms with E-state index in [4.69, 9.17) is 5.11 Å². The topological polar surface area (TPSA) is 66.4 Å². The zero-order valence-electron chi connectivity index (χ0n) is 13.4. The standard InChI is InChI=1S/C16H23NO3S2/c1-11(18)17-14(15(19)20)10-22-21-9-12-5-7-13(8-6-12)16(2,3)4/h5-8,14H,9-10H2,1-4H3,(H,17,18)(H,19,20)/t14-/m0/s1.